The van der Waals surface area contributed by atoms with Crippen molar-refractivity contribution >= 4 is 11.3 Å². The maximum absolute atomic E-state index is 5.45. The molecule has 0 atom stereocenters. The van der Waals surface area contributed by atoms with Gasteiger partial charge in [0, 0.05) is 11.4 Å². The van der Waals surface area contributed by atoms with Crippen LogP contribution in [-0.4, -0.2) is 24.7 Å². The van der Waals surface area contributed by atoms with E-state index < -0.39 is 0 Å². The molecule has 3 nitrogen and oxygen atoms in total. The summed E-state index contributed by atoms with van der Waals surface area (Å²) in [7, 11) is 0. The van der Waals surface area contributed by atoms with E-state index in [0.717, 1.165) is 24.0 Å². The van der Waals surface area contributed by atoms with Crippen molar-refractivity contribution in [2.24, 2.45) is 0 Å². The largest absolute Gasteiger partial charge is 0.469 e. The normalized spacial score (nSPS) is 10.4. The fraction of sp³-hybridized carbons (Fsp3) is 0.667. The van der Waals surface area contributed by atoms with Gasteiger partial charge in [-0.1, -0.05) is 18.3 Å². The van der Waals surface area contributed by atoms with Crippen LogP contribution >= 0.6 is 11.3 Å². The quantitative estimate of drug-likeness (QED) is 0.735. The van der Waals surface area contributed by atoms with Crippen LogP contribution in [0.1, 0.15) is 17.5 Å². The number of hydrogen-bond acceptors (Lipinski definition) is 4. The Labute approximate surface area is 83.1 Å². The summed E-state index contributed by atoms with van der Waals surface area (Å²) < 4.78 is 5.45. The van der Waals surface area contributed by atoms with Gasteiger partial charge in [-0.25, -0.2) is 4.98 Å². The maximum atomic E-state index is 5.45. The van der Waals surface area contributed by atoms with Crippen LogP contribution in [0.3, 0.4) is 0 Å². The summed E-state index contributed by atoms with van der Waals surface area (Å²) in [6.45, 7) is 8.71. The molecule has 1 aromatic heterocycles. The molecule has 0 unspecified atom stereocenters. The third-order valence-electron chi connectivity index (χ3n) is 1.76. The molecule has 1 N–H and O–H groups in total. The Morgan fingerprint density at radius 3 is 2.77 bits per heavy atom. The third kappa shape index (κ3) is 3.32. The molecule has 0 saturated heterocycles. The summed E-state index contributed by atoms with van der Waals surface area (Å²) in [5, 5.41) is 3.98. The molecule has 0 fully saturated rings. The van der Waals surface area contributed by atoms with E-state index >= 15 is 0 Å². The molecule has 1 heterocycles. The molecule has 1 aromatic rings. The maximum Gasteiger partial charge on any atom is 0.273 e. The number of likely N-dealkylation sites (N-methyl/N-ethyl adjacent to an activating group) is 1. The lowest BCUT2D eigenvalue weighted by atomic mass is 10.4. The zero-order chi connectivity index (χ0) is 9.68. The molecule has 0 aromatic carbocycles. The summed E-state index contributed by atoms with van der Waals surface area (Å²) >= 11 is 1.61. The van der Waals surface area contributed by atoms with Crippen LogP contribution in [0.4, 0.5) is 0 Å². The minimum absolute atomic E-state index is 0.695. The lowest BCUT2D eigenvalue weighted by Gasteiger charge is -2.01. The summed E-state index contributed by atoms with van der Waals surface area (Å²) in [5.74, 6) is 0. The van der Waals surface area contributed by atoms with E-state index in [0.29, 0.717) is 6.61 Å². The van der Waals surface area contributed by atoms with Gasteiger partial charge in [-0.2, -0.15) is 0 Å². The molecular weight excluding hydrogens is 184 g/mol. The number of rotatable bonds is 5. The highest BCUT2D eigenvalue weighted by Gasteiger charge is 2.03. The zero-order valence-electron chi connectivity index (χ0n) is 8.39. The predicted octanol–water partition coefficient (Wildman–Crippen LogP) is 1.75. The van der Waals surface area contributed by atoms with Gasteiger partial charge in [0.25, 0.3) is 5.19 Å². The Hall–Kier alpha value is -0.610. The first-order chi connectivity index (χ1) is 6.24. The second-order valence-corrected chi connectivity index (χ2v) is 3.99. The fourth-order valence-corrected chi connectivity index (χ4v) is 1.67. The van der Waals surface area contributed by atoms with Crippen molar-refractivity contribution in [2.75, 3.05) is 19.7 Å². The molecule has 0 amide bonds. The van der Waals surface area contributed by atoms with Crippen molar-refractivity contribution in [3.05, 3.63) is 10.6 Å². The van der Waals surface area contributed by atoms with Crippen molar-refractivity contribution in [1.82, 2.24) is 10.3 Å². The molecule has 0 aliphatic carbocycles. The lowest BCUT2D eigenvalue weighted by molar-refractivity contribution is 0.313. The Balaban J connectivity index is 2.29. The minimum atomic E-state index is 0.695. The number of nitrogens with zero attached hydrogens (tertiary/aromatic N) is 1. The van der Waals surface area contributed by atoms with Crippen LogP contribution in [0.15, 0.2) is 0 Å². The Bertz CT molecular complexity index is 241. The van der Waals surface area contributed by atoms with E-state index in [1.54, 1.807) is 11.3 Å². The summed E-state index contributed by atoms with van der Waals surface area (Å²) in [5.41, 5.74) is 1.07. The second-order valence-electron chi connectivity index (χ2n) is 2.82. The molecule has 0 aliphatic rings. The van der Waals surface area contributed by atoms with E-state index in [1.807, 2.05) is 6.92 Å². The van der Waals surface area contributed by atoms with Crippen molar-refractivity contribution < 1.29 is 4.74 Å². The lowest BCUT2D eigenvalue weighted by Crippen LogP contribution is -2.20. The second kappa shape index (κ2) is 5.19. The average molecular weight is 200 g/mol. The van der Waals surface area contributed by atoms with Crippen LogP contribution in [0.25, 0.3) is 0 Å². The Kier molecular flexibility index (Phi) is 4.18. The van der Waals surface area contributed by atoms with Gasteiger partial charge in [0.2, 0.25) is 0 Å². The number of thiazole rings is 1. The van der Waals surface area contributed by atoms with Gasteiger partial charge in [0.05, 0.1) is 5.69 Å². The highest BCUT2D eigenvalue weighted by atomic mass is 32.1. The van der Waals surface area contributed by atoms with Gasteiger partial charge in [-0.05, 0) is 20.4 Å². The molecular formula is C9H16N2OS. The number of aryl methyl sites for hydroxylation is 2. The molecule has 74 valence electrons. The average Bonchev–Trinajstić information content (AvgIpc) is 2.41. The molecule has 1 rings (SSSR count). The molecule has 0 spiro atoms. The third-order valence-corrected chi connectivity index (χ3v) is 2.75. The summed E-state index contributed by atoms with van der Waals surface area (Å²) in [6, 6.07) is 0. The van der Waals surface area contributed by atoms with E-state index in [9.17, 15) is 0 Å². The van der Waals surface area contributed by atoms with Crippen LogP contribution in [0.5, 0.6) is 5.19 Å². The topological polar surface area (TPSA) is 34.1 Å². The molecule has 13 heavy (non-hydrogen) atoms. The number of hydrogen-bond donors (Lipinski definition) is 1. The van der Waals surface area contributed by atoms with Crippen LogP contribution in [-0.2, 0) is 0 Å². The molecule has 4 heteroatoms. The summed E-state index contributed by atoms with van der Waals surface area (Å²) in [4.78, 5) is 5.51. The van der Waals surface area contributed by atoms with Gasteiger partial charge in [0.15, 0.2) is 0 Å². The Morgan fingerprint density at radius 2 is 2.23 bits per heavy atom. The predicted molar refractivity (Wildman–Crippen MR) is 55.6 cm³/mol. The van der Waals surface area contributed by atoms with E-state index in [4.69, 9.17) is 4.74 Å². The van der Waals surface area contributed by atoms with Crippen molar-refractivity contribution in [2.45, 2.75) is 20.8 Å². The van der Waals surface area contributed by atoms with Gasteiger partial charge in [-0.15, -0.1) is 0 Å². The fourth-order valence-electron chi connectivity index (χ4n) is 0.892. The standard InChI is InChI=1S/C9H16N2OS/c1-4-10-5-6-12-9-11-7(2)8(3)13-9/h10H,4-6H2,1-3H3. The number of ether oxygens (including phenoxy) is 1. The zero-order valence-corrected chi connectivity index (χ0v) is 9.20. The molecule has 0 saturated carbocycles. The van der Waals surface area contributed by atoms with Crippen LogP contribution in [0, 0.1) is 13.8 Å². The first-order valence-corrected chi connectivity index (χ1v) is 5.33. The van der Waals surface area contributed by atoms with Crippen molar-refractivity contribution in [1.29, 1.82) is 0 Å². The Morgan fingerprint density at radius 1 is 1.46 bits per heavy atom. The van der Waals surface area contributed by atoms with E-state index in [1.165, 1.54) is 4.88 Å². The van der Waals surface area contributed by atoms with Crippen LogP contribution < -0.4 is 10.1 Å². The minimum Gasteiger partial charge on any atom is -0.469 e. The molecule has 0 radical (unpaired) electrons. The van der Waals surface area contributed by atoms with E-state index in [-0.39, 0.29) is 0 Å². The van der Waals surface area contributed by atoms with Crippen molar-refractivity contribution in [3.63, 3.8) is 0 Å². The monoisotopic (exact) mass is 200 g/mol. The van der Waals surface area contributed by atoms with Crippen molar-refractivity contribution in [3.8, 4) is 5.19 Å². The SMILES string of the molecule is CCNCCOc1nc(C)c(C)s1. The van der Waals surface area contributed by atoms with Gasteiger partial charge in [0.1, 0.15) is 6.61 Å². The van der Waals surface area contributed by atoms with Crippen LogP contribution in [0.2, 0.25) is 0 Å². The summed E-state index contributed by atoms with van der Waals surface area (Å²) in [6.07, 6.45) is 0. The van der Waals surface area contributed by atoms with E-state index in [2.05, 4.69) is 24.1 Å². The number of aromatic nitrogens is 1. The van der Waals surface area contributed by atoms with Gasteiger partial charge in [-0.3, -0.25) is 0 Å². The smallest absolute Gasteiger partial charge is 0.273 e. The first-order valence-electron chi connectivity index (χ1n) is 4.51. The molecule has 0 aliphatic heterocycles. The highest BCUT2D eigenvalue weighted by molar-refractivity contribution is 7.13. The van der Waals surface area contributed by atoms with Gasteiger partial charge >= 0.3 is 0 Å². The first kappa shape index (κ1) is 10.5. The van der Waals surface area contributed by atoms with Gasteiger partial charge < -0.3 is 10.1 Å². The molecule has 0 bridgehead atoms. The highest BCUT2D eigenvalue weighted by Crippen LogP contribution is 2.22. The number of nitrogens with one attached hydrogen (secondary N) is 1.